The van der Waals surface area contributed by atoms with Crippen LogP contribution in [0.3, 0.4) is 0 Å². The molecule has 1 N–H and O–H groups in total. The summed E-state index contributed by atoms with van der Waals surface area (Å²) in [4.78, 5) is 0. The lowest BCUT2D eigenvalue weighted by molar-refractivity contribution is 0.516. The van der Waals surface area contributed by atoms with Crippen molar-refractivity contribution in [3.8, 4) is 0 Å². The largest absolute Gasteiger partial charge is 0.408 e. The van der Waals surface area contributed by atoms with Crippen molar-refractivity contribution >= 4 is 23.3 Å². The molecule has 1 aromatic heterocycles. The molecule has 18 heavy (non-hydrogen) atoms. The molecular weight excluding hydrogens is 250 g/mol. The van der Waals surface area contributed by atoms with E-state index in [9.17, 15) is 0 Å². The topological polar surface area (TPSA) is 51.0 Å². The van der Waals surface area contributed by atoms with Crippen LogP contribution in [0.25, 0.3) is 0 Å². The Morgan fingerprint density at radius 1 is 1.33 bits per heavy atom. The summed E-state index contributed by atoms with van der Waals surface area (Å²) in [7, 11) is 0. The van der Waals surface area contributed by atoms with E-state index >= 15 is 0 Å². The fourth-order valence-corrected chi connectivity index (χ4v) is 1.90. The van der Waals surface area contributed by atoms with Gasteiger partial charge in [-0.25, -0.2) is 0 Å². The fraction of sp³-hybridized carbons (Fsp3) is 0.385. The fourth-order valence-electron chi connectivity index (χ4n) is 1.74. The molecule has 0 atom stereocenters. The van der Waals surface area contributed by atoms with E-state index in [2.05, 4.69) is 41.5 Å². The highest BCUT2D eigenvalue weighted by Gasteiger charge is 2.06. The van der Waals surface area contributed by atoms with Gasteiger partial charge in [0.15, 0.2) is 0 Å². The molecule has 5 heteroatoms. The number of halogens is 1. The smallest absolute Gasteiger partial charge is 0.320 e. The van der Waals surface area contributed by atoms with E-state index in [-0.39, 0.29) is 0 Å². The Morgan fingerprint density at radius 2 is 2.17 bits per heavy atom. The van der Waals surface area contributed by atoms with E-state index in [0.29, 0.717) is 24.2 Å². The van der Waals surface area contributed by atoms with Gasteiger partial charge in [-0.05, 0) is 36.6 Å². The van der Waals surface area contributed by atoms with Gasteiger partial charge in [0.05, 0.1) is 0 Å². The highest BCUT2D eigenvalue weighted by atomic mass is 35.5. The van der Waals surface area contributed by atoms with Crippen molar-refractivity contribution in [2.24, 2.45) is 0 Å². The van der Waals surface area contributed by atoms with Gasteiger partial charge in [0.25, 0.3) is 0 Å². The van der Waals surface area contributed by atoms with E-state index in [1.54, 1.807) is 0 Å². The van der Waals surface area contributed by atoms with Crippen molar-refractivity contribution in [1.82, 2.24) is 10.2 Å². The quantitative estimate of drug-likeness (QED) is 0.841. The number of aromatic nitrogens is 2. The minimum Gasteiger partial charge on any atom is -0.408 e. The van der Waals surface area contributed by atoms with Crippen LogP contribution < -0.4 is 5.32 Å². The molecule has 0 aliphatic rings. The van der Waals surface area contributed by atoms with Gasteiger partial charge < -0.3 is 9.73 Å². The first-order valence-electron chi connectivity index (χ1n) is 5.97. The van der Waals surface area contributed by atoms with E-state index in [0.717, 1.165) is 12.1 Å². The molecule has 0 fully saturated rings. The minimum absolute atomic E-state index is 0.404. The molecule has 1 heterocycles. The summed E-state index contributed by atoms with van der Waals surface area (Å²) in [5.74, 6) is 1.03. The normalized spacial score (nSPS) is 10.6. The van der Waals surface area contributed by atoms with Crippen molar-refractivity contribution in [3.05, 3.63) is 35.2 Å². The van der Waals surface area contributed by atoms with Crippen molar-refractivity contribution in [3.63, 3.8) is 0 Å². The molecule has 0 bridgehead atoms. The van der Waals surface area contributed by atoms with Gasteiger partial charge in [-0.2, -0.15) is 0 Å². The van der Waals surface area contributed by atoms with Gasteiger partial charge in [-0.1, -0.05) is 18.1 Å². The Balaban J connectivity index is 2.12. The molecule has 2 rings (SSSR count). The molecule has 4 nitrogen and oxygen atoms in total. The number of rotatable bonds is 5. The number of benzene rings is 1. The highest BCUT2D eigenvalue weighted by Crippen LogP contribution is 2.19. The SMILES string of the molecule is CCc1cc(Nc2nnc(CCCl)o2)ccc1C. The molecule has 1 aromatic carbocycles. The van der Waals surface area contributed by atoms with Crippen LogP contribution in [0.4, 0.5) is 11.7 Å². The van der Waals surface area contributed by atoms with Gasteiger partial charge in [0.1, 0.15) is 0 Å². The molecule has 0 amide bonds. The second-order valence-electron chi connectivity index (χ2n) is 4.06. The van der Waals surface area contributed by atoms with Crippen LogP contribution in [0, 0.1) is 6.92 Å². The Bertz CT molecular complexity index is 525. The Hall–Kier alpha value is -1.55. The molecule has 0 unspecified atom stereocenters. The zero-order valence-corrected chi connectivity index (χ0v) is 11.3. The van der Waals surface area contributed by atoms with Crippen molar-refractivity contribution < 1.29 is 4.42 Å². The third-order valence-electron chi connectivity index (χ3n) is 2.76. The first-order valence-corrected chi connectivity index (χ1v) is 6.51. The lowest BCUT2D eigenvalue weighted by Gasteiger charge is -2.06. The summed E-state index contributed by atoms with van der Waals surface area (Å²) in [6.45, 7) is 4.24. The van der Waals surface area contributed by atoms with Crippen LogP contribution in [-0.2, 0) is 12.8 Å². The second-order valence-corrected chi connectivity index (χ2v) is 4.44. The number of anilines is 2. The summed E-state index contributed by atoms with van der Waals surface area (Å²) in [6, 6.07) is 6.58. The molecule has 0 spiro atoms. The zero-order chi connectivity index (χ0) is 13.0. The predicted octanol–water partition coefficient (Wildman–Crippen LogP) is 3.47. The Morgan fingerprint density at radius 3 is 2.89 bits per heavy atom. The van der Waals surface area contributed by atoms with E-state index in [4.69, 9.17) is 16.0 Å². The first-order chi connectivity index (χ1) is 8.72. The molecule has 0 aliphatic heterocycles. The van der Waals surface area contributed by atoms with Crippen LogP contribution in [0.15, 0.2) is 22.6 Å². The van der Waals surface area contributed by atoms with E-state index < -0.39 is 0 Å². The Labute approximate surface area is 111 Å². The van der Waals surface area contributed by atoms with Gasteiger partial charge in [-0.15, -0.1) is 16.7 Å². The average molecular weight is 266 g/mol. The van der Waals surface area contributed by atoms with Gasteiger partial charge in [0, 0.05) is 18.0 Å². The number of aryl methyl sites for hydroxylation is 3. The third kappa shape index (κ3) is 3.01. The van der Waals surface area contributed by atoms with Crippen molar-refractivity contribution in [2.45, 2.75) is 26.7 Å². The molecule has 0 aliphatic carbocycles. The van der Waals surface area contributed by atoms with Crippen LogP contribution in [0.2, 0.25) is 0 Å². The number of nitrogens with one attached hydrogen (secondary N) is 1. The molecule has 0 saturated heterocycles. The maximum Gasteiger partial charge on any atom is 0.320 e. The van der Waals surface area contributed by atoms with E-state index in [1.807, 2.05) is 6.07 Å². The number of hydrogen-bond donors (Lipinski definition) is 1. The zero-order valence-electron chi connectivity index (χ0n) is 10.5. The highest BCUT2D eigenvalue weighted by molar-refractivity contribution is 6.17. The number of alkyl halides is 1. The van der Waals surface area contributed by atoms with Crippen molar-refractivity contribution in [1.29, 1.82) is 0 Å². The minimum atomic E-state index is 0.404. The maximum atomic E-state index is 5.61. The first kappa shape index (κ1) is 12.9. The average Bonchev–Trinajstić information content (AvgIpc) is 2.80. The van der Waals surface area contributed by atoms with Crippen LogP contribution >= 0.6 is 11.6 Å². The van der Waals surface area contributed by atoms with E-state index in [1.165, 1.54) is 11.1 Å². The van der Waals surface area contributed by atoms with Gasteiger partial charge in [-0.3, -0.25) is 0 Å². The molecular formula is C13H16ClN3O. The molecule has 96 valence electrons. The standard InChI is InChI=1S/C13H16ClN3O/c1-3-10-8-11(5-4-9(10)2)15-13-17-16-12(18-13)6-7-14/h4-5,8H,3,6-7H2,1-2H3,(H,15,17). The monoisotopic (exact) mass is 265 g/mol. The Kier molecular flexibility index (Phi) is 4.20. The number of hydrogen-bond acceptors (Lipinski definition) is 4. The second kappa shape index (κ2) is 5.87. The maximum absolute atomic E-state index is 5.61. The summed E-state index contributed by atoms with van der Waals surface area (Å²) in [5, 5.41) is 10.9. The lowest BCUT2D eigenvalue weighted by Crippen LogP contribution is -1.93. The summed E-state index contributed by atoms with van der Waals surface area (Å²) >= 11 is 5.61. The number of nitrogens with zero attached hydrogens (tertiary/aromatic N) is 2. The molecule has 2 aromatic rings. The molecule has 0 saturated carbocycles. The van der Waals surface area contributed by atoms with Crippen LogP contribution in [0.1, 0.15) is 23.9 Å². The van der Waals surface area contributed by atoms with Crippen molar-refractivity contribution in [2.75, 3.05) is 11.2 Å². The summed E-state index contributed by atoms with van der Waals surface area (Å²) < 4.78 is 5.41. The van der Waals surface area contributed by atoms with Gasteiger partial charge >= 0.3 is 6.01 Å². The lowest BCUT2D eigenvalue weighted by atomic mass is 10.1. The summed E-state index contributed by atoms with van der Waals surface area (Å²) in [6.07, 6.45) is 1.59. The predicted molar refractivity (Wildman–Crippen MR) is 72.6 cm³/mol. The van der Waals surface area contributed by atoms with Crippen LogP contribution in [-0.4, -0.2) is 16.1 Å². The molecule has 0 radical (unpaired) electrons. The van der Waals surface area contributed by atoms with Gasteiger partial charge in [0.2, 0.25) is 5.89 Å². The summed E-state index contributed by atoms with van der Waals surface area (Å²) in [5.41, 5.74) is 3.55. The van der Waals surface area contributed by atoms with Crippen LogP contribution in [0.5, 0.6) is 0 Å². The third-order valence-corrected chi connectivity index (χ3v) is 2.95.